The Labute approximate surface area is 194 Å². The Hall–Kier alpha value is -3.84. The number of fused-ring (bicyclic) bond motifs is 1. The second kappa shape index (κ2) is 8.96. The van der Waals surface area contributed by atoms with Gasteiger partial charge >= 0.3 is 5.69 Å². The van der Waals surface area contributed by atoms with Crippen molar-refractivity contribution >= 4 is 34.1 Å². The highest BCUT2D eigenvalue weighted by Gasteiger charge is 2.23. The Kier molecular flexibility index (Phi) is 6.07. The zero-order chi connectivity index (χ0) is 23.7. The van der Waals surface area contributed by atoms with Crippen molar-refractivity contribution in [1.29, 1.82) is 0 Å². The largest absolute Gasteiger partial charge is 0.497 e. The minimum Gasteiger partial charge on any atom is -0.497 e. The lowest BCUT2D eigenvalue weighted by atomic mass is 10.2. The number of nitrogens with one attached hydrogen (secondary N) is 1. The van der Waals surface area contributed by atoms with Crippen molar-refractivity contribution in [2.75, 3.05) is 12.4 Å². The lowest BCUT2D eigenvalue weighted by Crippen LogP contribution is -2.42. The molecule has 4 rings (SSSR count). The molecular weight excluding hydrogens is 442 g/mol. The van der Waals surface area contributed by atoms with Gasteiger partial charge < -0.3 is 10.1 Å². The van der Waals surface area contributed by atoms with Gasteiger partial charge in [-0.25, -0.2) is 9.36 Å². The predicted molar refractivity (Wildman–Crippen MR) is 130 cm³/mol. The first-order valence-corrected chi connectivity index (χ1v) is 10.7. The van der Waals surface area contributed by atoms with Crippen LogP contribution in [0.25, 0.3) is 16.6 Å². The Bertz CT molecular complexity index is 1470. The predicted octanol–water partition coefficient (Wildman–Crippen LogP) is 4.32. The van der Waals surface area contributed by atoms with Crippen LogP contribution in [0.3, 0.4) is 0 Å². The Morgan fingerprint density at radius 3 is 2.39 bits per heavy atom. The third-order valence-electron chi connectivity index (χ3n) is 5.53. The molecule has 0 aliphatic carbocycles. The van der Waals surface area contributed by atoms with Crippen molar-refractivity contribution in [3.63, 3.8) is 0 Å². The molecule has 0 saturated carbocycles. The van der Waals surface area contributed by atoms with Gasteiger partial charge in [-0.05, 0) is 67.9 Å². The van der Waals surface area contributed by atoms with E-state index in [9.17, 15) is 14.4 Å². The fourth-order valence-electron chi connectivity index (χ4n) is 3.64. The number of aromatic nitrogens is 2. The maximum Gasteiger partial charge on any atom is 0.336 e. The van der Waals surface area contributed by atoms with Crippen LogP contribution < -0.4 is 21.3 Å². The second-order valence-corrected chi connectivity index (χ2v) is 8.04. The maximum atomic E-state index is 13.6. The van der Waals surface area contributed by atoms with Crippen LogP contribution in [0.15, 0.2) is 76.3 Å². The van der Waals surface area contributed by atoms with E-state index in [2.05, 4.69) is 5.32 Å². The number of methoxy groups -OCH3 is 1. The van der Waals surface area contributed by atoms with Crippen LogP contribution in [-0.2, 0) is 4.79 Å². The molecule has 1 N–H and O–H groups in total. The van der Waals surface area contributed by atoms with Gasteiger partial charge in [-0.2, -0.15) is 0 Å². The van der Waals surface area contributed by atoms with E-state index in [0.717, 1.165) is 10.1 Å². The molecule has 33 heavy (non-hydrogen) atoms. The number of rotatable bonds is 5. The van der Waals surface area contributed by atoms with Gasteiger partial charge in [0.15, 0.2) is 0 Å². The fraction of sp³-hybridized carbons (Fsp3) is 0.160. The standard InChI is InChI=1S/C25H22ClN3O4/c1-15-8-11-18(14-21(15)26)29-24(31)20-6-4-5-7-22(20)28(25(29)32)16(2)23(30)27-17-9-12-19(33-3)13-10-17/h4-14,16H,1-3H3,(H,27,30). The number of carbonyl (C=O) groups excluding carboxylic acids is 1. The van der Waals surface area contributed by atoms with Crippen molar-refractivity contribution in [3.05, 3.63) is 98.2 Å². The molecular formula is C25H22ClN3O4. The average molecular weight is 464 g/mol. The molecule has 3 aromatic carbocycles. The third kappa shape index (κ3) is 4.15. The van der Waals surface area contributed by atoms with E-state index in [1.165, 1.54) is 4.57 Å². The highest BCUT2D eigenvalue weighted by molar-refractivity contribution is 6.31. The van der Waals surface area contributed by atoms with Crippen LogP contribution in [0, 0.1) is 6.92 Å². The van der Waals surface area contributed by atoms with Crippen molar-refractivity contribution in [2.24, 2.45) is 0 Å². The first kappa shape index (κ1) is 22.4. The number of anilines is 1. The number of amides is 1. The van der Waals surface area contributed by atoms with Crippen molar-refractivity contribution in [3.8, 4) is 11.4 Å². The molecule has 0 radical (unpaired) electrons. The normalized spacial score (nSPS) is 11.9. The van der Waals surface area contributed by atoms with Crippen LogP contribution in [-0.4, -0.2) is 22.2 Å². The topological polar surface area (TPSA) is 82.3 Å². The zero-order valence-electron chi connectivity index (χ0n) is 18.3. The smallest absolute Gasteiger partial charge is 0.336 e. The van der Waals surface area contributed by atoms with Gasteiger partial charge in [-0.1, -0.05) is 29.8 Å². The van der Waals surface area contributed by atoms with Crippen molar-refractivity contribution < 1.29 is 9.53 Å². The van der Waals surface area contributed by atoms with Gasteiger partial charge in [0.1, 0.15) is 11.8 Å². The highest BCUT2D eigenvalue weighted by atomic mass is 35.5. The Balaban J connectivity index is 1.85. The summed E-state index contributed by atoms with van der Waals surface area (Å²) >= 11 is 6.25. The number of halogens is 1. The minimum absolute atomic E-state index is 0.317. The lowest BCUT2D eigenvalue weighted by molar-refractivity contribution is -0.118. The summed E-state index contributed by atoms with van der Waals surface area (Å²) in [5, 5.41) is 3.56. The first-order valence-electron chi connectivity index (χ1n) is 10.3. The highest BCUT2D eigenvalue weighted by Crippen LogP contribution is 2.21. The fourth-order valence-corrected chi connectivity index (χ4v) is 3.82. The number of ether oxygens (including phenoxy) is 1. The van der Waals surface area contributed by atoms with Gasteiger partial charge in [-0.15, -0.1) is 0 Å². The summed E-state index contributed by atoms with van der Waals surface area (Å²) in [6.45, 7) is 3.45. The third-order valence-corrected chi connectivity index (χ3v) is 5.94. The van der Waals surface area contributed by atoms with Gasteiger partial charge in [0.05, 0.1) is 23.7 Å². The number of hydrogen-bond donors (Lipinski definition) is 1. The molecule has 0 bridgehead atoms. The summed E-state index contributed by atoms with van der Waals surface area (Å²) < 4.78 is 7.51. The van der Waals surface area contributed by atoms with E-state index in [0.29, 0.717) is 33.0 Å². The number of aryl methyl sites for hydroxylation is 1. The van der Waals surface area contributed by atoms with E-state index < -0.39 is 23.2 Å². The van der Waals surface area contributed by atoms with Crippen LogP contribution in [0.4, 0.5) is 5.69 Å². The molecule has 1 atom stereocenters. The number of benzene rings is 3. The number of hydrogen-bond acceptors (Lipinski definition) is 4. The second-order valence-electron chi connectivity index (χ2n) is 7.64. The van der Waals surface area contributed by atoms with Crippen molar-refractivity contribution in [2.45, 2.75) is 19.9 Å². The molecule has 0 aliphatic heterocycles. The monoisotopic (exact) mass is 463 g/mol. The summed E-state index contributed by atoms with van der Waals surface area (Å²) in [5.74, 6) is 0.256. The molecule has 1 unspecified atom stereocenters. The van der Waals surface area contributed by atoms with Crippen LogP contribution in [0.5, 0.6) is 5.75 Å². The molecule has 1 aromatic heterocycles. The van der Waals surface area contributed by atoms with Gasteiger partial charge in [-0.3, -0.25) is 14.2 Å². The van der Waals surface area contributed by atoms with E-state index in [1.54, 1.807) is 80.8 Å². The van der Waals surface area contributed by atoms with Crippen molar-refractivity contribution in [1.82, 2.24) is 9.13 Å². The zero-order valence-corrected chi connectivity index (χ0v) is 19.1. The van der Waals surface area contributed by atoms with Crippen LogP contribution in [0.2, 0.25) is 5.02 Å². The Morgan fingerprint density at radius 1 is 1.03 bits per heavy atom. The van der Waals surface area contributed by atoms with E-state index in [4.69, 9.17) is 16.3 Å². The van der Waals surface area contributed by atoms with Gasteiger partial charge in [0, 0.05) is 10.7 Å². The minimum atomic E-state index is -0.905. The summed E-state index contributed by atoms with van der Waals surface area (Å²) in [5.41, 5.74) is 0.984. The number of carbonyl (C=O) groups is 1. The van der Waals surface area contributed by atoms with E-state index in [-0.39, 0.29) is 0 Å². The summed E-state index contributed by atoms with van der Waals surface area (Å²) in [7, 11) is 1.56. The lowest BCUT2D eigenvalue weighted by Gasteiger charge is -2.20. The molecule has 0 spiro atoms. The molecule has 0 fully saturated rings. The molecule has 0 saturated heterocycles. The SMILES string of the molecule is COc1ccc(NC(=O)C(C)n2c(=O)n(-c3ccc(C)c(Cl)c3)c(=O)c3ccccc32)cc1. The Morgan fingerprint density at radius 2 is 1.73 bits per heavy atom. The maximum absolute atomic E-state index is 13.6. The molecule has 1 heterocycles. The first-order chi connectivity index (χ1) is 15.8. The van der Waals surface area contributed by atoms with Crippen LogP contribution in [0.1, 0.15) is 18.5 Å². The van der Waals surface area contributed by atoms with E-state index >= 15 is 0 Å². The number of nitrogens with zero attached hydrogens (tertiary/aromatic N) is 2. The summed E-state index contributed by atoms with van der Waals surface area (Å²) in [4.78, 5) is 39.9. The molecule has 4 aromatic rings. The molecule has 0 aliphatic rings. The van der Waals surface area contributed by atoms with Gasteiger partial charge in [0.25, 0.3) is 5.56 Å². The summed E-state index contributed by atoms with van der Waals surface area (Å²) in [6.07, 6.45) is 0. The molecule has 1 amide bonds. The molecule has 168 valence electrons. The summed E-state index contributed by atoms with van der Waals surface area (Å²) in [6, 6.07) is 17.7. The van der Waals surface area contributed by atoms with Gasteiger partial charge in [0.2, 0.25) is 5.91 Å². The molecule has 7 nitrogen and oxygen atoms in total. The van der Waals surface area contributed by atoms with Crippen LogP contribution >= 0.6 is 11.6 Å². The molecule has 8 heteroatoms. The number of para-hydroxylation sites is 1. The average Bonchev–Trinajstić information content (AvgIpc) is 2.82. The quantitative estimate of drug-likeness (QED) is 0.477. The van der Waals surface area contributed by atoms with E-state index in [1.807, 2.05) is 6.92 Å².